The molecule has 2 rings (SSSR count). The molecular weight excluding hydrogens is 416 g/mol. The number of rotatable bonds is 13. The summed E-state index contributed by atoms with van der Waals surface area (Å²) in [5.74, 6) is 0.222. The molecule has 0 heterocycles. The number of carbonyl (C=O) groups is 1. The zero-order valence-corrected chi connectivity index (χ0v) is 21.3. The second-order valence-corrected chi connectivity index (χ2v) is 8.00. The maximum atomic E-state index is 12.9. The number of aliphatic carboxylic acids is 1. The lowest BCUT2D eigenvalue weighted by molar-refractivity contribution is -0.141. The fraction of sp³-hybridized carbons (Fsp3) is 0.519. The Balaban J connectivity index is 2.75. The molecule has 0 saturated carbocycles. The van der Waals surface area contributed by atoms with Crippen LogP contribution in [-0.2, 0) is 10.2 Å². The predicted octanol–water partition coefficient (Wildman–Crippen LogP) is 5.57. The highest BCUT2D eigenvalue weighted by molar-refractivity contribution is 5.88. The van der Waals surface area contributed by atoms with Gasteiger partial charge in [0.2, 0.25) is 0 Å². The van der Waals surface area contributed by atoms with E-state index in [-0.39, 0.29) is 0 Å². The van der Waals surface area contributed by atoms with Gasteiger partial charge in [-0.15, -0.1) is 0 Å². The van der Waals surface area contributed by atoms with Crippen molar-refractivity contribution in [3.63, 3.8) is 0 Å². The molecule has 2 aromatic carbocycles. The van der Waals surface area contributed by atoms with E-state index in [0.717, 1.165) is 37.6 Å². The van der Waals surface area contributed by atoms with Gasteiger partial charge in [-0.2, -0.15) is 0 Å². The molecule has 182 valence electrons. The van der Waals surface area contributed by atoms with E-state index in [1.165, 1.54) is 0 Å². The van der Waals surface area contributed by atoms with Crippen LogP contribution < -0.4 is 19.3 Å². The summed E-state index contributed by atoms with van der Waals surface area (Å²) < 4.78 is 12.0. The van der Waals surface area contributed by atoms with Crippen molar-refractivity contribution in [2.45, 2.75) is 53.9 Å². The second-order valence-electron chi connectivity index (χ2n) is 8.00. The molecule has 0 amide bonds. The van der Waals surface area contributed by atoms with Gasteiger partial charge in [-0.3, -0.25) is 4.79 Å². The van der Waals surface area contributed by atoms with Crippen molar-refractivity contribution in [1.82, 2.24) is 0 Å². The summed E-state index contributed by atoms with van der Waals surface area (Å²) in [5.41, 5.74) is 1.91. The fourth-order valence-electron chi connectivity index (χ4n) is 4.34. The van der Waals surface area contributed by atoms with Gasteiger partial charge in [-0.1, -0.05) is 12.1 Å². The van der Waals surface area contributed by atoms with Crippen molar-refractivity contribution in [3.05, 3.63) is 47.5 Å². The van der Waals surface area contributed by atoms with Crippen molar-refractivity contribution >= 4 is 17.3 Å². The van der Waals surface area contributed by atoms with Crippen LogP contribution in [0.2, 0.25) is 0 Å². The molecule has 0 atom stereocenters. The number of hydrogen-bond acceptors (Lipinski definition) is 5. The number of nitrogens with zero attached hydrogens (tertiary/aromatic N) is 2. The van der Waals surface area contributed by atoms with Gasteiger partial charge in [0.1, 0.15) is 16.9 Å². The molecule has 6 nitrogen and oxygen atoms in total. The Morgan fingerprint density at radius 2 is 1.12 bits per heavy atom. The third kappa shape index (κ3) is 5.37. The van der Waals surface area contributed by atoms with E-state index in [1.807, 2.05) is 50.2 Å². The highest BCUT2D eigenvalue weighted by Gasteiger charge is 2.42. The average molecular weight is 457 g/mol. The number of hydrogen-bond donors (Lipinski definition) is 1. The first-order chi connectivity index (χ1) is 15.8. The Bertz CT molecular complexity index is 855. The Kier molecular flexibility index (Phi) is 9.44. The Morgan fingerprint density at radius 1 is 0.758 bits per heavy atom. The van der Waals surface area contributed by atoms with Crippen LogP contribution in [0.5, 0.6) is 11.5 Å². The number of anilines is 2. The van der Waals surface area contributed by atoms with Gasteiger partial charge in [-0.05, 0) is 60.6 Å². The highest BCUT2D eigenvalue weighted by Crippen LogP contribution is 2.44. The first-order valence-corrected chi connectivity index (χ1v) is 12.1. The van der Waals surface area contributed by atoms with E-state index >= 15 is 0 Å². The van der Waals surface area contributed by atoms with Crippen molar-refractivity contribution in [1.29, 1.82) is 0 Å². The Labute approximate surface area is 199 Å². The smallest absolute Gasteiger partial charge is 0.318 e. The van der Waals surface area contributed by atoms with Crippen molar-refractivity contribution in [2.24, 2.45) is 0 Å². The van der Waals surface area contributed by atoms with Gasteiger partial charge in [0.25, 0.3) is 0 Å². The van der Waals surface area contributed by atoms with Crippen molar-refractivity contribution in [3.8, 4) is 11.5 Å². The molecule has 0 bridgehead atoms. The van der Waals surface area contributed by atoms with E-state index < -0.39 is 11.4 Å². The minimum Gasteiger partial charge on any atom is -0.493 e. The third-order valence-corrected chi connectivity index (χ3v) is 6.29. The van der Waals surface area contributed by atoms with E-state index in [9.17, 15) is 9.90 Å². The summed E-state index contributed by atoms with van der Waals surface area (Å²) in [5, 5.41) is 10.5. The molecule has 0 unspecified atom stereocenters. The van der Waals surface area contributed by atoms with Crippen LogP contribution in [0, 0.1) is 0 Å². The SMILES string of the molecule is CCOc1cc(N(CC)CC)ccc1C(C)(C(=O)O)c1ccc(N(CC)CC)cc1OCC. The number of ether oxygens (including phenoxy) is 2. The predicted molar refractivity (Wildman–Crippen MR) is 136 cm³/mol. The van der Waals surface area contributed by atoms with Gasteiger partial charge in [-0.25, -0.2) is 0 Å². The first-order valence-electron chi connectivity index (χ1n) is 12.1. The van der Waals surface area contributed by atoms with Crippen LogP contribution in [0.25, 0.3) is 0 Å². The van der Waals surface area contributed by atoms with Crippen LogP contribution in [0.3, 0.4) is 0 Å². The number of carboxylic acids is 1. The monoisotopic (exact) mass is 456 g/mol. The Morgan fingerprint density at radius 3 is 1.39 bits per heavy atom. The molecule has 0 aromatic heterocycles. The van der Waals surface area contributed by atoms with Crippen LogP contribution in [-0.4, -0.2) is 50.5 Å². The summed E-state index contributed by atoms with van der Waals surface area (Å²) in [6.45, 7) is 18.3. The molecular formula is C27H40N2O4. The van der Waals surface area contributed by atoms with E-state index in [2.05, 4.69) is 37.5 Å². The number of carboxylic acid groups (broad SMARTS) is 1. The normalized spacial score (nSPS) is 11.2. The maximum Gasteiger partial charge on any atom is 0.318 e. The van der Waals surface area contributed by atoms with Crippen molar-refractivity contribution in [2.75, 3.05) is 49.2 Å². The highest BCUT2D eigenvalue weighted by atomic mass is 16.5. The zero-order valence-electron chi connectivity index (χ0n) is 21.3. The molecule has 1 N–H and O–H groups in total. The molecule has 0 spiro atoms. The molecule has 0 radical (unpaired) electrons. The lowest BCUT2D eigenvalue weighted by atomic mass is 9.75. The summed E-state index contributed by atoms with van der Waals surface area (Å²) in [7, 11) is 0. The summed E-state index contributed by atoms with van der Waals surface area (Å²) in [6.07, 6.45) is 0. The molecule has 0 saturated heterocycles. The lowest BCUT2D eigenvalue weighted by Crippen LogP contribution is -2.35. The maximum absolute atomic E-state index is 12.9. The van der Waals surface area contributed by atoms with Gasteiger partial charge in [0.15, 0.2) is 0 Å². The average Bonchev–Trinajstić information content (AvgIpc) is 2.81. The van der Waals surface area contributed by atoms with Gasteiger partial charge >= 0.3 is 5.97 Å². The van der Waals surface area contributed by atoms with E-state index in [4.69, 9.17) is 9.47 Å². The quantitative estimate of drug-likeness (QED) is 0.425. The summed E-state index contributed by atoms with van der Waals surface area (Å²) >= 11 is 0. The lowest BCUT2D eigenvalue weighted by Gasteiger charge is -2.32. The Hall–Kier alpha value is -2.89. The van der Waals surface area contributed by atoms with Crippen LogP contribution in [0.4, 0.5) is 11.4 Å². The first kappa shape index (κ1) is 26.4. The largest absolute Gasteiger partial charge is 0.493 e. The van der Waals surface area contributed by atoms with Crippen LogP contribution >= 0.6 is 0 Å². The summed E-state index contributed by atoms with van der Waals surface area (Å²) in [4.78, 5) is 17.3. The molecule has 0 aliphatic heterocycles. The minimum absolute atomic E-state index is 0.448. The van der Waals surface area contributed by atoms with Gasteiger partial charge < -0.3 is 24.4 Å². The second kappa shape index (κ2) is 11.8. The molecule has 0 fully saturated rings. The zero-order chi connectivity index (χ0) is 24.6. The standard InChI is InChI=1S/C27H40N2O4/c1-8-28(9-2)20-14-16-22(24(18-20)32-12-5)27(7,26(30)31)23-17-15-21(29(10-3)11-4)19-25(23)33-13-6/h14-19H,8-13H2,1-7H3,(H,30,31). The van der Waals surface area contributed by atoms with Gasteiger partial charge in [0, 0.05) is 60.8 Å². The molecule has 0 aliphatic rings. The van der Waals surface area contributed by atoms with E-state index in [0.29, 0.717) is 35.8 Å². The van der Waals surface area contributed by atoms with Crippen LogP contribution in [0.15, 0.2) is 36.4 Å². The molecule has 6 heteroatoms. The molecule has 2 aromatic rings. The van der Waals surface area contributed by atoms with Crippen LogP contribution in [0.1, 0.15) is 59.6 Å². The molecule has 33 heavy (non-hydrogen) atoms. The van der Waals surface area contributed by atoms with Gasteiger partial charge in [0.05, 0.1) is 13.2 Å². The minimum atomic E-state index is -1.35. The summed E-state index contributed by atoms with van der Waals surface area (Å²) in [6, 6.07) is 11.7. The van der Waals surface area contributed by atoms with Crippen molar-refractivity contribution < 1.29 is 19.4 Å². The molecule has 0 aliphatic carbocycles. The number of benzene rings is 2. The topological polar surface area (TPSA) is 62.2 Å². The fourth-order valence-corrected chi connectivity index (χ4v) is 4.34. The third-order valence-electron chi connectivity index (χ3n) is 6.29. The van der Waals surface area contributed by atoms with E-state index in [1.54, 1.807) is 6.92 Å².